The molecule has 0 aromatic carbocycles. The molecule has 0 saturated heterocycles. The summed E-state index contributed by atoms with van der Waals surface area (Å²) < 4.78 is 0. The summed E-state index contributed by atoms with van der Waals surface area (Å²) in [5, 5.41) is 0. The van der Waals surface area contributed by atoms with Crippen LogP contribution in [0.5, 0.6) is 0 Å². The highest BCUT2D eigenvalue weighted by Gasteiger charge is 2.04. The lowest BCUT2D eigenvalue weighted by Crippen LogP contribution is -2.24. The Balaban J connectivity index is 3.77. The van der Waals surface area contributed by atoms with E-state index in [1.807, 2.05) is 0 Å². The molecular weight excluding hydrogens is 146 g/mol. The number of nitrogens with zero attached hydrogens (tertiary/aromatic N) is 1. The molecule has 0 rings (SSSR count). The van der Waals surface area contributed by atoms with E-state index in [1.54, 1.807) is 5.57 Å². The van der Waals surface area contributed by atoms with Crippen LogP contribution < -0.4 is 0 Å². The zero-order chi connectivity index (χ0) is 9.72. The quantitative estimate of drug-likeness (QED) is 0.585. The first-order valence-corrected chi connectivity index (χ1v) is 4.74. The molecule has 0 aliphatic rings. The highest BCUT2D eigenvalue weighted by atomic mass is 15.1. The van der Waals surface area contributed by atoms with Crippen LogP contribution in [0.25, 0.3) is 0 Å². The molecule has 0 spiro atoms. The first kappa shape index (κ1) is 11.7. The van der Waals surface area contributed by atoms with Gasteiger partial charge in [-0.1, -0.05) is 11.1 Å². The van der Waals surface area contributed by atoms with Crippen LogP contribution in [-0.2, 0) is 0 Å². The summed E-state index contributed by atoms with van der Waals surface area (Å²) in [7, 11) is 4.28. The van der Waals surface area contributed by atoms with E-state index in [1.165, 1.54) is 18.4 Å². The highest BCUT2D eigenvalue weighted by molar-refractivity contribution is 5.06. The van der Waals surface area contributed by atoms with Crippen LogP contribution in [0.1, 0.15) is 40.5 Å². The topological polar surface area (TPSA) is 3.24 Å². The largest absolute Gasteiger partial charge is 0.307 e. The van der Waals surface area contributed by atoms with Gasteiger partial charge in [-0.15, -0.1) is 0 Å². The van der Waals surface area contributed by atoms with E-state index in [-0.39, 0.29) is 0 Å². The second kappa shape index (κ2) is 5.36. The molecule has 0 aliphatic heterocycles. The van der Waals surface area contributed by atoms with Gasteiger partial charge in [0.2, 0.25) is 0 Å². The van der Waals surface area contributed by atoms with E-state index in [9.17, 15) is 0 Å². The van der Waals surface area contributed by atoms with Gasteiger partial charge >= 0.3 is 0 Å². The SMILES string of the molecule is CC(C)=C(C)CCC(C)N(C)C. The first-order chi connectivity index (χ1) is 5.45. The van der Waals surface area contributed by atoms with Gasteiger partial charge in [-0.05, 0) is 54.6 Å². The Kier molecular flexibility index (Phi) is 5.23. The number of rotatable bonds is 4. The number of allylic oxidation sites excluding steroid dienone is 2. The van der Waals surface area contributed by atoms with Gasteiger partial charge < -0.3 is 4.90 Å². The third-order valence-electron chi connectivity index (χ3n) is 2.67. The number of hydrogen-bond acceptors (Lipinski definition) is 1. The molecule has 0 amide bonds. The molecule has 72 valence electrons. The summed E-state index contributed by atoms with van der Waals surface area (Å²) in [6, 6.07) is 0.694. The summed E-state index contributed by atoms with van der Waals surface area (Å²) in [5.74, 6) is 0. The lowest BCUT2D eigenvalue weighted by Gasteiger charge is -2.19. The van der Waals surface area contributed by atoms with Crippen LogP contribution in [0.4, 0.5) is 0 Å². The Morgan fingerprint density at radius 1 is 1.17 bits per heavy atom. The zero-order valence-electron chi connectivity index (χ0n) is 9.44. The minimum Gasteiger partial charge on any atom is -0.307 e. The molecule has 12 heavy (non-hydrogen) atoms. The monoisotopic (exact) mass is 169 g/mol. The van der Waals surface area contributed by atoms with Gasteiger partial charge in [-0.3, -0.25) is 0 Å². The van der Waals surface area contributed by atoms with Crippen molar-refractivity contribution in [2.24, 2.45) is 0 Å². The second-order valence-electron chi connectivity index (χ2n) is 4.13. The Morgan fingerprint density at radius 3 is 2.00 bits per heavy atom. The van der Waals surface area contributed by atoms with Crippen LogP contribution in [0.15, 0.2) is 11.1 Å². The van der Waals surface area contributed by atoms with Crippen LogP contribution in [0.2, 0.25) is 0 Å². The Hall–Kier alpha value is -0.300. The van der Waals surface area contributed by atoms with Crippen molar-refractivity contribution in [3.05, 3.63) is 11.1 Å². The summed E-state index contributed by atoms with van der Waals surface area (Å²) in [4.78, 5) is 2.28. The van der Waals surface area contributed by atoms with E-state index in [0.29, 0.717) is 6.04 Å². The van der Waals surface area contributed by atoms with Gasteiger partial charge in [-0.25, -0.2) is 0 Å². The van der Waals surface area contributed by atoms with Gasteiger partial charge in [-0.2, -0.15) is 0 Å². The van der Waals surface area contributed by atoms with Crippen molar-refractivity contribution in [2.45, 2.75) is 46.6 Å². The van der Waals surface area contributed by atoms with Crippen molar-refractivity contribution in [3.8, 4) is 0 Å². The Labute approximate surface area is 77.5 Å². The third-order valence-corrected chi connectivity index (χ3v) is 2.67. The highest BCUT2D eigenvalue weighted by Crippen LogP contribution is 2.12. The molecule has 0 aliphatic carbocycles. The standard InChI is InChI=1S/C11H23N/c1-9(2)10(3)7-8-11(4)12(5)6/h11H,7-8H2,1-6H3. The van der Waals surface area contributed by atoms with Gasteiger partial charge in [0, 0.05) is 6.04 Å². The smallest absolute Gasteiger partial charge is 0.00638 e. The maximum atomic E-state index is 2.28. The van der Waals surface area contributed by atoms with E-state index < -0.39 is 0 Å². The minimum absolute atomic E-state index is 0.694. The minimum atomic E-state index is 0.694. The molecule has 0 bridgehead atoms. The van der Waals surface area contributed by atoms with Crippen molar-refractivity contribution in [3.63, 3.8) is 0 Å². The van der Waals surface area contributed by atoms with Crippen molar-refractivity contribution >= 4 is 0 Å². The average molecular weight is 169 g/mol. The predicted octanol–water partition coefficient (Wildman–Crippen LogP) is 3.07. The molecule has 0 aromatic heterocycles. The molecular formula is C11H23N. The fourth-order valence-electron chi connectivity index (χ4n) is 0.934. The second-order valence-corrected chi connectivity index (χ2v) is 4.13. The predicted molar refractivity (Wildman–Crippen MR) is 56.4 cm³/mol. The molecule has 0 aromatic rings. The van der Waals surface area contributed by atoms with Crippen LogP contribution in [0, 0.1) is 0 Å². The third kappa shape index (κ3) is 4.55. The maximum Gasteiger partial charge on any atom is 0.00638 e. The van der Waals surface area contributed by atoms with Crippen LogP contribution in [-0.4, -0.2) is 25.0 Å². The summed E-state index contributed by atoms with van der Waals surface area (Å²) in [6.45, 7) is 8.89. The molecule has 0 heterocycles. The van der Waals surface area contributed by atoms with Crippen molar-refractivity contribution in [1.29, 1.82) is 0 Å². The summed E-state index contributed by atoms with van der Waals surface area (Å²) >= 11 is 0. The lowest BCUT2D eigenvalue weighted by molar-refractivity contribution is 0.298. The molecule has 1 heteroatoms. The molecule has 0 radical (unpaired) electrons. The van der Waals surface area contributed by atoms with Gasteiger partial charge in [0.25, 0.3) is 0 Å². The number of hydrogen-bond donors (Lipinski definition) is 0. The summed E-state index contributed by atoms with van der Waals surface area (Å²) in [5.41, 5.74) is 3.02. The molecule has 1 atom stereocenters. The normalized spacial score (nSPS) is 13.2. The molecule has 0 fully saturated rings. The molecule has 0 N–H and O–H groups in total. The molecule has 0 saturated carbocycles. The fraction of sp³-hybridized carbons (Fsp3) is 0.818. The van der Waals surface area contributed by atoms with Crippen LogP contribution in [0.3, 0.4) is 0 Å². The first-order valence-electron chi connectivity index (χ1n) is 4.74. The average Bonchev–Trinajstić information content (AvgIpc) is 1.98. The van der Waals surface area contributed by atoms with E-state index >= 15 is 0 Å². The van der Waals surface area contributed by atoms with Crippen LogP contribution >= 0.6 is 0 Å². The van der Waals surface area contributed by atoms with Crippen molar-refractivity contribution in [1.82, 2.24) is 4.90 Å². The van der Waals surface area contributed by atoms with E-state index in [4.69, 9.17) is 0 Å². The Morgan fingerprint density at radius 2 is 1.67 bits per heavy atom. The molecule has 1 unspecified atom stereocenters. The zero-order valence-corrected chi connectivity index (χ0v) is 9.44. The Bertz CT molecular complexity index is 152. The maximum absolute atomic E-state index is 2.28. The molecule has 1 nitrogen and oxygen atoms in total. The van der Waals surface area contributed by atoms with E-state index in [0.717, 1.165) is 0 Å². The lowest BCUT2D eigenvalue weighted by atomic mass is 10.0. The van der Waals surface area contributed by atoms with Crippen molar-refractivity contribution in [2.75, 3.05) is 14.1 Å². The van der Waals surface area contributed by atoms with Gasteiger partial charge in [0.1, 0.15) is 0 Å². The fourth-order valence-corrected chi connectivity index (χ4v) is 0.934. The summed E-state index contributed by atoms with van der Waals surface area (Å²) in [6.07, 6.45) is 2.51. The van der Waals surface area contributed by atoms with Crippen molar-refractivity contribution < 1.29 is 0 Å². The van der Waals surface area contributed by atoms with Gasteiger partial charge in [0.15, 0.2) is 0 Å². The van der Waals surface area contributed by atoms with Gasteiger partial charge in [0.05, 0.1) is 0 Å². The van der Waals surface area contributed by atoms with E-state index in [2.05, 4.69) is 46.7 Å².